The third kappa shape index (κ3) is 4.87. The van der Waals surface area contributed by atoms with Gasteiger partial charge in [-0.05, 0) is 56.8 Å². The van der Waals surface area contributed by atoms with Gasteiger partial charge in [-0.15, -0.1) is 0 Å². The maximum absolute atomic E-state index is 6.58. The van der Waals surface area contributed by atoms with Crippen molar-refractivity contribution in [3.8, 4) is 22.3 Å². The Labute approximate surface area is 273 Å². The molecular formula is C43H31N3O. The van der Waals surface area contributed by atoms with Crippen LogP contribution >= 0.6 is 0 Å². The van der Waals surface area contributed by atoms with Gasteiger partial charge in [-0.2, -0.15) is 0 Å². The summed E-state index contributed by atoms with van der Waals surface area (Å²) in [5, 5.41) is 12.0. The standard InChI is InChI=1S/C43H31N3O/c1-4-13-28(14-5-1)32-25-26-33(35-20-11-10-19-34(32)35)31-23-24-36-39(27-31)47-38-22-12-21-37(40(36)38)43-45-41(29-15-6-2-7-16-29)44-42(46-43)30-17-8-3-9-18-30/h1-27,41,43,45H,(H,44,46). The zero-order valence-corrected chi connectivity index (χ0v) is 25.6. The molecule has 1 aliphatic heterocycles. The Hall–Kier alpha value is -5.97. The fraction of sp³-hybridized carbons (Fsp3) is 0.0465. The van der Waals surface area contributed by atoms with E-state index >= 15 is 0 Å². The normalized spacial score (nSPS) is 16.3. The highest BCUT2D eigenvalue weighted by Crippen LogP contribution is 2.40. The molecule has 1 aliphatic rings. The summed E-state index contributed by atoms with van der Waals surface area (Å²) < 4.78 is 6.58. The highest BCUT2D eigenvalue weighted by atomic mass is 16.3. The second-order valence-electron chi connectivity index (χ2n) is 12.0. The second-order valence-corrected chi connectivity index (χ2v) is 12.0. The summed E-state index contributed by atoms with van der Waals surface area (Å²) in [6, 6.07) is 57.4. The summed E-state index contributed by atoms with van der Waals surface area (Å²) in [4.78, 5) is 5.22. The SMILES string of the molecule is c1ccc(C2=NC(c3cccc4oc5cc(-c6ccc(-c7ccccc7)c7ccccc67)ccc5c34)NC(c3ccccc3)N2)cc1. The van der Waals surface area contributed by atoms with Crippen molar-refractivity contribution in [3.63, 3.8) is 0 Å². The number of amidine groups is 1. The summed E-state index contributed by atoms with van der Waals surface area (Å²) in [6.45, 7) is 0. The van der Waals surface area contributed by atoms with Crippen molar-refractivity contribution in [2.45, 2.75) is 12.3 Å². The Morgan fingerprint density at radius 3 is 1.85 bits per heavy atom. The number of nitrogens with zero attached hydrogens (tertiary/aromatic N) is 1. The summed E-state index contributed by atoms with van der Waals surface area (Å²) in [6.07, 6.45) is -0.392. The van der Waals surface area contributed by atoms with Crippen molar-refractivity contribution in [1.29, 1.82) is 0 Å². The predicted molar refractivity (Wildman–Crippen MR) is 193 cm³/mol. The van der Waals surface area contributed by atoms with E-state index < -0.39 is 0 Å². The Balaban J connectivity index is 1.16. The Kier molecular flexibility index (Phi) is 6.65. The van der Waals surface area contributed by atoms with Crippen molar-refractivity contribution < 1.29 is 4.42 Å². The van der Waals surface area contributed by atoms with Crippen LogP contribution in [0.25, 0.3) is 55.0 Å². The third-order valence-electron chi connectivity index (χ3n) is 9.19. The zero-order valence-electron chi connectivity index (χ0n) is 25.6. The van der Waals surface area contributed by atoms with E-state index in [1.807, 2.05) is 12.1 Å². The topological polar surface area (TPSA) is 49.6 Å². The minimum atomic E-state index is -0.282. The van der Waals surface area contributed by atoms with E-state index in [0.29, 0.717) is 0 Å². The van der Waals surface area contributed by atoms with E-state index in [1.54, 1.807) is 0 Å². The number of furan rings is 1. The molecule has 1 aromatic heterocycles. The lowest BCUT2D eigenvalue weighted by Crippen LogP contribution is -2.44. The van der Waals surface area contributed by atoms with Gasteiger partial charge in [0.25, 0.3) is 0 Å². The first-order valence-electron chi connectivity index (χ1n) is 16.0. The molecule has 0 saturated carbocycles. The van der Waals surface area contributed by atoms with Gasteiger partial charge in [0.15, 0.2) is 0 Å². The second kappa shape index (κ2) is 11.4. The number of fused-ring (bicyclic) bond motifs is 4. The molecule has 2 unspecified atom stereocenters. The monoisotopic (exact) mass is 605 g/mol. The van der Waals surface area contributed by atoms with Gasteiger partial charge in [-0.25, -0.2) is 4.99 Å². The van der Waals surface area contributed by atoms with E-state index in [0.717, 1.165) is 50.0 Å². The molecule has 2 atom stereocenters. The third-order valence-corrected chi connectivity index (χ3v) is 9.19. The van der Waals surface area contributed by atoms with Gasteiger partial charge in [-0.3, -0.25) is 5.32 Å². The van der Waals surface area contributed by atoms with Gasteiger partial charge in [0.05, 0.1) is 0 Å². The van der Waals surface area contributed by atoms with Crippen molar-refractivity contribution >= 4 is 38.5 Å². The van der Waals surface area contributed by atoms with Crippen LogP contribution in [-0.2, 0) is 0 Å². The molecule has 0 saturated heterocycles. The zero-order chi connectivity index (χ0) is 31.2. The first-order chi connectivity index (χ1) is 23.3. The molecule has 8 aromatic rings. The molecule has 224 valence electrons. The molecule has 0 fully saturated rings. The van der Waals surface area contributed by atoms with E-state index in [9.17, 15) is 0 Å². The van der Waals surface area contributed by atoms with Crippen LogP contribution in [0, 0.1) is 0 Å². The van der Waals surface area contributed by atoms with E-state index in [1.165, 1.54) is 27.5 Å². The van der Waals surface area contributed by atoms with Crippen LogP contribution in [0.5, 0.6) is 0 Å². The highest BCUT2D eigenvalue weighted by Gasteiger charge is 2.27. The van der Waals surface area contributed by atoms with E-state index in [2.05, 4.69) is 162 Å². The molecule has 0 radical (unpaired) electrons. The van der Waals surface area contributed by atoms with Crippen molar-refractivity contribution in [2.75, 3.05) is 0 Å². The smallest absolute Gasteiger partial charge is 0.136 e. The molecule has 0 aliphatic carbocycles. The molecule has 4 nitrogen and oxygen atoms in total. The van der Waals surface area contributed by atoms with Gasteiger partial charge in [0.1, 0.15) is 29.3 Å². The number of nitrogens with one attached hydrogen (secondary N) is 2. The van der Waals surface area contributed by atoms with Gasteiger partial charge < -0.3 is 9.73 Å². The van der Waals surface area contributed by atoms with Crippen LogP contribution in [0.15, 0.2) is 173 Å². The van der Waals surface area contributed by atoms with Gasteiger partial charge in [0.2, 0.25) is 0 Å². The summed E-state index contributed by atoms with van der Waals surface area (Å²) in [5.41, 5.74) is 9.77. The van der Waals surface area contributed by atoms with Crippen LogP contribution in [-0.4, -0.2) is 5.84 Å². The first-order valence-corrected chi connectivity index (χ1v) is 16.0. The molecule has 4 heteroatoms. The molecular weight excluding hydrogens is 574 g/mol. The van der Waals surface area contributed by atoms with Crippen molar-refractivity contribution in [1.82, 2.24) is 10.6 Å². The number of benzene rings is 7. The maximum Gasteiger partial charge on any atom is 0.136 e. The number of hydrogen-bond acceptors (Lipinski definition) is 4. The van der Waals surface area contributed by atoms with Crippen molar-refractivity contribution in [2.24, 2.45) is 4.99 Å². The average Bonchev–Trinajstić information content (AvgIpc) is 3.53. The lowest BCUT2D eigenvalue weighted by Gasteiger charge is -2.32. The van der Waals surface area contributed by atoms with Crippen LogP contribution in [0.2, 0.25) is 0 Å². The predicted octanol–water partition coefficient (Wildman–Crippen LogP) is 10.4. The molecule has 9 rings (SSSR count). The van der Waals surface area contributed by atoms with E-state index in [-0.39, 0.29) is 12.3 Å². The minimum Gasteiger partial charge on any atom is -0.456 e. The van der Waals surface area contributed by atoms with Gasteiger partial charge in [0, 0.05) is 21.9 Å². The first kappa shape index (κ1) is 27.3. The maximum atomic E-state index is 6.58. The molecule has 0 spiro atoms. The molecule has 0 bridgehead atoms. The number of aliphatic imine (C=N–C) groups is 1. The summed E-state index contributed by atoms with van der Waals surface area (Å²) >= 11 is 0. The van der Waals surface area contributed by atoms with Crippen LogP contribution in [0.4, 0.5) is 0 Å². The van der Waals surface area contributed by atoms with Crippen LogP contribution in [0.3, 0.4) is 0 Å². The largest absolute Gasteiger partial charge is 0.456 e. The quantitative estimate of drug-likeness (QED) is 0.205. The highest BCUT2D eigenvalue weighted by molar-refractivity contribution is 6.10. The van der Waals surface area contributed by atoms with Gasteiger partial charge in [-0.1, -0.05) is 146 Å². The molecule has 2 heterocycles. The van der Waals surface area contributed by atoms with Crippen molar-refractivity contribution in [3.05, 3.63) is 180 Å². The molecule has 2 N–H and O–H groups in total. The number of hydrogen-bond donors (Lipinski definition) is 2. The lowest BCUT2D eigenvalue weighted by molar-refractivity contribution is 0.410. The fourth-order valence-corrected chi connectivity index (χ4v) is 6.95. The molecule has 0 amide bonds. The van der Waals surface area contributed by atoms with Crippen LogP contribution < -0.4 is 10.6 Å². The van der Waals surface area contributed by atoms with E-state index in [4.69, 9.17) is 9.41 Å². The number of rotatable bonds is 5. The van der Waals surface area contributed by atoms with Gasteiger partial charge >= 0.3 is 0 Å². The Morgan fingerprint density at radius 2 is 1.13 bits per heavy atom. The summed E-state index contributed by atoms with van der Waals surface area (Å²) in [7, 11) is 0. The molecule has 7 aromatic carbocycles. The lowest BCUT2D eigenvalue weighted by atomic mass is 9.92. The fourth-order valence-electron chi connectivity index (χ4n) is 6.95. The Bertz CT molecular complexity index is 2410. The minimum absolute atomic E-state index is 0.110. The average molecular weight is 606 g/mol. The Morgan fingerprint density at radius 1 is 0.489 bits per heavy atom. The molecule has 47 heavy (non-hydrogen) atoms. The summed E-state index contributed by atoms with van der Waals surface area (Å²) in [5.74, 6) is 0.862. The van der Waals surface area contributed by atoms with Crippen LogP contribution in [0.1, 0.15) is 29.0 Å².